The van der Waals surface area contributed by atoms with E-state index in [9.17, 15) is 30.2 Å². The van der Waals surface area contributed by atoms with Gasteiger partial charge in [0, 0.05) is 5.56 Å². The summed E-state index contributed by atoms with van der Waals surface area (Å²) in [4.78, 5) is 21.7. The second kappa shape index (κ2) is 6.08. The number of hydrogen-bond donors (Lipinski definition) is 3. The lowest BCUT2D eigenvalue weighted by molar-refractivity contribution is -0.612. The number of allylic oxidation sites excluding steroid dienone is 1. The van der Waals surface area contributed by atoms with Crippen molar-refractivity contribution in [2.24, 2.45) is 5.92 Å². The summed E-state index contributed by atoms with van der Waals surface area (Å²) >= 11 is 0. The Bertz CT molecular complexity index is 639. The Labute approximate surface area is 126 Å². The van der Waals surface area contributed by atoms with Gasteiger partial charge in [-0.1, -0.05) is 36.4 Å². The van der Waals surface area contributed by atoms with E-state index in [-0.39, 0.29) is 5.78 Å². The van der Waals surface area contributed by atoms with Crippen LogP contribution in [0.1, 0.15) is 16.8 Å². The Morgan fingerprint density at radius 3 is 2.55 bits per heavy atom. The summed E-state index contributed by atoms with van der Waals surface area (Å²) in [5, 5.41) is 40.1. The molecule has 1 aliphatic carbocycles. The van der Waals surface area contributed by atoms with E-state index in [0.717, 1.165) is 0 Å². The Balaban J connectivity index is 2.18. The first-order valence-electron chi connectivity index (χ1n) is 6.58. The van der Waals surface area contributed by atoms with Gasteiger partial charge in [-0.2, -0.15) is 0 Å². The van der Waals surface area contributed by atoms with E-state index in [1.54, 1.807) is 30.3 Å². The fourth-order valence-electron chi connectivity index (χ4n) is 2.27. The average molecular weight is 305 g/mol. The summed E-state index contributed by atoms with van der Waals surface area (Å²) < 4.78 is 0. The number of hydrogen-bond acceptors (Lipinski definition) is 6. The van der Waals surface area contributed by atoms with Gasteiger partial charge in [0.05, 0.1) is 29.4 Å². The molecule has 3 atom stereocenters. The Morgan fingerprint density at radius 1 is 1.36 bits per heavy atom. The van der Waals surface area contributed by atoms with Crippen molar-refractivity contribution in [1.29, 1.82) is 0 Å². The summed E-state index contributed by atoms with van der Waals surface area (Å²) in [6.07, 6.45) is 1.19. The van der Waals surface area contributed by atoms with E-state index in [1.165, 1.54) is 12.2 Å². The maximum Gasteiger partial charge on any atom is 0.348 e. The maximum atomic E-state index is 11.9. The number of benzene rings is 1. The van der Waals surface area contributed by atoms with Gasteiger partial charge in [-0.15, -0.1) is 0 Å². The van der Waals surface area contributed by atoms with Crippen LogP contribution in [0.4, 0.5) is 0 Å². The minimum Gasteiger partial charge on any atom is -0.512 e. The van der Waals surface area contributed by atoms with Crippen LogP contribution in [0.15, 0.2) is 54.3 Å². The molecular formula is C15H15NO6. The average Bonchev–Trinajstić information content (AvgIpc) is 2.46. The fraction of sp³-hybridized carbons (Fsp3) is 0.267. The first-order chi connectivity index (χ1) is 10.3. The van der Waals surface area contributed by atoms with Crippen LogP contribution < -0.4 is 0 Å². The molecule has 0 heterocycles. The van der Waals surface area contributed by atoms with Gasteiger partial charge in [0.1, 0.15) is 5.76 Å². The van der Waals surface area contributed by atoms with E-state index in [4.69, 9.17) is 0 Å². The highest BCUT2D eigenvalue weighted by molar-refractivity contribution is 6.04. The molecule has 1 aliphatic rings. The van der Waals surface area contributed by atoms with Gasteiger partial charge < -0.3 is 15.3 Å². The molecule has 0 radical (unpaired) electrons. The molecule has 0 saturated carbocycles. The second-order valence-corrected chi connectivity index (χ2v) is 5.09. The standard InChI is InChI=1S/C15H15NO6/c17-12(10-4-2-1-3-5-10)7-6-11-13(18)8-15(20,16(21)22)9-14(11)19/h1-8,11,14,18-20H,9H2. The normalized spacial score (nSPS) is 28.4. The third kappa shape index (κ3) is 3.21. The van der Waals surface area contributed by atoms with Gasteiger partial charge in [-0.25, -0.2) is 0 Å². The molecule has 1 aromatic carbocycles. The molecule has 0 saturated heterocycles. The molecule has 7 heteroatoms. The highest BCUT2D eigenvalue weighted by atomic mass is 16.7. The van der Waals surface area contributed by atoms with Gasteiger partial charge in [0.25, 0.3) is 0 Å². The number of ketones is 1. The van der Waals surface area contributed by atoms with E-state index in [0.29, 0.717) is 11.6 Å². The number of aliphatic hydroxyl groups is 3. The predicted molar refractivity (Wildman–Crippen MR) is 76.7 cm³/mol. The van der Waals surface area contributed by atoms with Crippen LogP contribution in [0, 0.1) is 16.0 Å². The number of carbonyl (C=O) groups is 1. The summed E-state index contributed by atoms with van der Waals surface area (Å²) in [7, 11) is 0. The van der Waals surface area contributed by atoms with Crippen molar-refractivity contribution in [3.63, 3.8) is 0 Å². The van der Waals surface area contributed by atoms with Gasteiger partial charge >= 0.3 is 5.72 Å². The van der Waals surface area contributed by atoms with Crippen LogP contribution >= 0.6 is 0 Å². The highest BCUT2D eigenvalue weighted by Crippen LogP contribution is 2.31. The second-order valence-electron chi connectivity index (χ2n) is 5.09. The van der Waals surface area contributed by atoms with Crippen LogP contribution in [0.3, 0.4) is 0 Å². The molecule has 0 fully saturated rings. The molecular weight excluding hydrogens is 290 g/mol. The monoisotopic (exact) mass is 305 g/mol. The van der Waals surface area contributed by atoms with Crippen molar-refractivity contribution in [2.45, 2.75) is 18.2 Å². The first-order valence-corrected chi connectivity index (χ1v) is 6.58. The summed E-state index contributed by atoms with van der Waals surface area (Å²) in [6.45, 7) is 0. The van der Waals surface area contributed by atoms with Gasteiger partial charge in [-0.05, 0) is 6.08 Å². The third-order valence-electron chi connectivity index (χ3n) is 3.47. The Hall–Kier alpha value is -2.51. The Kier molecular flexibility index (Phi) is 4.39. The number of rotatable bonds is 4. The summed E-state index contributed by atoms with van der Waals surface area (Å²) in [6, 6.07) is 8.39. The van der Waals surface area contributed by atoms with E-state index >= 15 is 0 Å². The van der Waals surface area contributed by atoms with Crippen molar-refractivity contribution in [2.75, 3.05) is 0 Å². The topological polar surface area (TPSA) is 121 Å². The largest absolute Gasteiger partial charge is 0.512 e. The number of nitro groups is 1. The Morgan fingerprint density at radius 2 is 2.00 bits per heavy atom. The van der Waals surface area contributed by atoms with Gasteiger partial charge in [0.2, 0.25) is 0 Å². The van der Waals surface area contributed by atoms with Gasteiger partial charge in [0.15, 0.2) is 5.78 Å². The lowest BCUT2D eigenvalue weighted by atomic mass is 9.85. The molecule has 0 aliphatic heterocycles. The molecule has 0 spiro atoms. The molecule has 22 heavy (non-hydrogen) atoms. The molecule has 3 N–H and O–H groups in total. The molecule has 0 aromatic heterocycles. The highest BCUT2D eigenvalue weighted by Gasteiger charge is 2.47. The number of carbonyl (C=O) groups excluding carboxylic acids is 1. The lowest BCUT2D eigenvalue weighted by Gasteiger charge is -2.29. The molecule has 0 bridgehead atoms. The number of nitrogens with zero attached hydrogens (tertiary/aromatic N) is 1. The molecule has 2 rings (SSSR count). The zero-order valence-corrected chi connectivity index (χ0v) is 11.5. The quantitative estimate of drug-likeness (QED) is 0.253. The van der Waals surface area contributed by atoms with Gasteiger partial charge in [-0.3, -0.25) is 14.9 Å². The van der Waals surface area contributed by atoms with Crippen LogP contribution in [0.25, 0.3) is 0 Å². The fourth-order valence-corrected chi connectivity index (χ4v) is 2.27. The third-order valence-corrected chi connectivity index (χ3v) is 3.47. The SMILES string of the molecule is O=C(C=CC1C(O)=CC(O)([N+](=O)[O-])CC1O)c1ccccc1. The summed E-state index contributed by atoms with van der Waals surface area (Å²) in [5.41, 5.74) is -2.06. The van der Waals surface area contributed by atoms with Crippen molar-refractivity contribution in [3.05, 3.63) is 70.0 Å². The van der Waals surface area contributed by atoms with E-state index < -0.39 is 34.9 Å². The first kappa shape index (κ1) is 15.9. The zero-order valence-electron chi connectivity index (χ0n) is 11.5. The van der Waals surface area contributed by atoms with E-state index in [2.05, 4.69) is 0 Å². The summed E-state index contributed by atoms with van der Waals surface area (Å²) in [5.74, 6) is -1.85. The van der Waals surface area contributed by atoms with Crippen LogP contribution in [0.2, 0.25) is 0 Å². The minimum absolute atomic E-state index is 0.323. The van der Waals surface area contributed by atoms with Crippen LogP contribution in [-0.4, -0.2) is 37.9 Å². The smallest absolute Gasteiger partial charge is 0.348 e. The lowest BCUT2D eigenvalue weighted by Crippen LogP contribution is -2.45. The molecule has 7 nitrogen and oxygen atoms in total. The van der Waals surface area contributed by atoms with Crippen molar-refractivity contribution in [3.8, 4) is 0 Å². The molecule has 3 unspecified atom stereocenters. The maximum absolute atomic E-state index is 11.9. The molecule has 1 aromatic rings. The van der Waals surface area contributed by atoms with Crippen molar-refractivity contribution < 1.29 is 25.0 Å². The van der Waals surface area contributed by atoms with E-state index in [1.807, 2.05) is 0 Å². The minimum atomic E-state index is -2.50. The van der Waals surface area contributed by atoms with Crippen LogP contribution in [0.5, 0.6) is 0 Å². The molecule has 0 amide bonds. The van der Waals surface area contributed by atoms with Crippen molar-refractivity contribution in [1.82, 2.24) is 0 Å². The predicted octanol–water partition coefficient (Wildman–Crippen LogP) is 1.21. The van der Waals surface area contributed by atoms with Crippen LogP contribution in [-0.2, 0) is 0 Å². The number of aliphatic hydroxyl groups excluding tert-OH is 2. The van der Waals surface area contributed by atoms with Crippen molar-refractivity contribution >= 4 is 5.78 Å². The zero-order chi connectivity index (χ0) is 16.3. The molecule has 116 valence electrons.